The van der Waals surface area contributed by atoms with Crippen LogP contribution in [0.4, 0.5) is 4.39 Å². The van der Waals surface area contributed by atoms with Gasteiger partial charge in [-0.15, -0.1) is 11.8 Å². The molecule has 2 aromatic carbocycles. The molecule has 0 aliphatic carbocycles. The van der Waals surface area contributed by atoms with Crippen molar-refractivity contribution in [2.45, 2.75) is 17.4 Å². The summed E-state index contributed by atoms with van der Waals surface area (Å²) in [5.41, 5.74) is -0.0000493. The standard InChI is InChI=1S/C15H15FOS/c1-15(17,12-5-3-2-4-6-12)11-18-14-9-7-13(16)8-10-14/h2-10,17H,11H2,1H3. The summed E-state index contributed by atoms with van der Waals surface area (Å²) in [6, 6.07) is 15.9. The van der Waals surface area contributed by atoms with Crippen molar-refractivity contribution in [3.63, 3.8) is 0 Å². The average Bonchev–Trinajstić information content (AvgIpc) is 2.39. The molecule has 1 nitrogen and oxygen atoms in total. The van der Waals surface area contributed by atoms with Crippen LogP contribution in [0.1, 0.15) is 12.5 Å². The highest BCUT2D eigenvalue weighted by Gasteiger charge is 2.22. The largest absolute Gasteiger partial charge is 0.385 e. The van der Waals surface area contributed by atoms with Crippen LogP contribution in [0.2, 0.25) is 0 Å². The molecule has 0 saturated carbocycles. The van der Waals surface area contributed by atoms with Gasteiger partial charge in [-0.1, -0.05) is 30.3 Å². The van der Waals surface area contributed by atoms with Crippen LogP contribution in [0.3, 0.4) is 0 Å². The van der Waals surface area contributed by atoms with Gasteiger partial charge in [0.1, 0.15) is 5.82 Å². The second-order valence-corrected chi connectivity index (χ2v) is 5.43. The summed E-state index contributed by atoms with van der Waals surface area (Å²) in [5.74, 6) is 0.289. The van der Waals surface area contributed by atoms with Crippen molar-refractivity contribution < 1.29 is 9.50 Å². The van der Waals surface area contributed by atoms with E-state index in [2.05, 4.69) is 0 Å². The fourth-order valence-electron chi connectivity index (χ4n) is 1.64. The molecule has 0 saturated heterocycles. The van der Waals surface area contributed by atoms with Crippen LogP contribution in [0.25, 0.3) is 0 Å². The van der Waals surface area contributed by atoms with E-state index in [4.69, 9.17) is 0 Å². The van der Waals surface area contributed by atoms with Gasteiger partial charge in [-0.05, 0) is 36.8 Å². The van der Waals surface area contributed by atoms with Crippen molar-refractivity contribution in [1.29, 1.82) is 0 Å². The molecule has 1 unspecified atom stereocenters. The van der Waals surface area contributed by atoms with Crippen LogP contribution in [-0.2, 0) is 5.60 Å². The lowest BCUT2D eigenvalue weighted by molar-refractivity contribution is 0.0839. The molecule has 0 aliphatic rings. The third kappa shape index (κ3) is 3.34. The van der Waals surface area contributed by atoms with E-state index in [1.54, 1.807) is 19.1 Å². The number of thioether (sulfide) groups is 1. The van der Waals surface area contributed by atoms with E-state index in [0.29, 0.717) is 5.75 Å². The lowest BCUT2D eigenvalue weighted by Gasteiger charge is -2.23. The number of halogens is 1. The third-order valence-corrected chi connectivity index (χ3v) is 4.04. The molecule has 0 amide bonds. The summed E-state index contributed by atoms with van der Waals surface area (Å²) < 4.78 is 12.8. The SMILES string of the molecule is CC(O)(CSc1ccc(F)cc1)c1ccccc1. The van der Waals surface area contributed by atoms with Gasteiger partial charge in [-0.2, -0.15) is 0 Å². The maximum atomic E-state index is 12.8. The molecule has 94 valence electrons. The van der Waals surface area contributed by atoms with Crippen LogP contribution < -0.4 is 0 Å². The average molecular weight is 262 g/mol. The highest BCUT2D eigenvalue weighted by Crippen LogP contribution is 2.29. The predicted molar refractivity (Wildman–Crippen MR) is 73.1 cm³/mol. The minimum absolute atomic E-state index is 0.242. The predicted octanol–water partition coefficient (Wildman–Crippen LogP) is 3.83. The Morgan fingerprint density at radius 1 is 1.06 bits per heavy atom. The van der Waals surface area contributed by atoms with Crippen molar-refractivity contribution in [2.75, 3.05) is 5.75 Å². The van der Waals surface area contributed by atoms with Crippen LogP contribution in [-0.4, -0.2) is 10.9 Å². The first kappa shape index (κ1) is 13.1. The zero-order chi connectivity index (χ0) is 13.0. The molecule has 3 heteroatoms. The first-order valence-corrected chi connectivity index (χ1v) is 6.73. The van der Waals surface area contributed by atoms with Gasteiger partial charge in [0.2, 0.25) is 0 Å². The zero-order valence-electron chi connectivity index (χ0n) is 10.1. The van der Waals surface area contributed by atoms with E-state index in [1.165, 1.54) is 23.9 Å². The lowest BCUT2D eigenvalue weighted by Crippen LogP contribution is -2.24. The van der Waals surface area contributed by atoms with Crippen molar-refractivity contribution in [2.24, 2.45) is 0 Å². The minimum atomic E-state index is -0.889. The summed E-state index contributed by atoms with van der Waals surface area (Å²) in [7, 11) is 0. The van der Waals surface area contributed by atoms with E-state index in [0.717, 1.165) is 10.5 Å². The molecular formula is C15H15FOS. The van der Waals surface area contributed by atoms with Gasteiger partial charge in [-0.25, -0.2) is 4.39 Å². The molecule has 1 atom stereocenters. The van der Waals surface area contributed by atoms with Crippen molar-refractivity contribution >= 4 is 11.8 Å². The second kappa shape index (κ2) is 5.55. The summed E-state index contributed by atoms with van der Waals surface area (Å²) in [6.45, 7) is 1.79. The van der Waals surface area contributed by atoms with Crippen LogP contribution in [0.5, 0.6) is 0 Å². The summed E-state index contributed by atoms with van der Waals surface area (Å²) in [6.07, 6.45) is 0. The minimum Gasteiger partial charge on any atom is -0.385 e. The second-order valence-electron chi connectivity index (χ2n) is 4.38. The van der Waals surface area contributed by atoms with E-state index in [-0.39, 0.29) is 5.82 Å². The Balaban J connectivity index is 2.03. The van der Waals surface area contributed by atoms with Crippen LogP contribution in [0, 0.1) is 5.82 Å². The molecule has 0 heterocycles. The molecule has 2 aromatic rings. The quantitative estimate of drug-likeness (QED) is 0.845. The van der Waals surface area contributed by atoms with Crippen molar-refractivity contribution in [3.05, 3.63) is 66.0 Å². The lowest BCUT2D eigenvalue weighted by atomic mass is 9.99. The molecule has 0 spiro atoms. The number of hydrogen-bond donors (Lipinski definition) is 1. The van der Waals surface area contributed by atoms with Gasteiger partial charge in [0.25, 0.3) is 0 Å². The molecular weight excluding hydrogens is 247 g/mol. The fourth-order valence-corrected chi connectivity index (χ4v) is 2.58. The molecule has 0 radical (unpaired) electrons. The normalized spacial score (nSPS) is 14.2. The number of rotatable bonds is 4. The Hall–Kier alpha value is -1.32. The van der Waals surface area contributed by atoms with E-state index in [1.807, 2.05) is 30.3 Å². The number of aliphatic hydroxyl groups is 1. The molecule has 2 rings (SSSR count). The zero-order valence-corrected chi connectivity index (χ0v) is 11.0. The topological polar surface area (TPSA) is 20.2 Å². The Kier molecular flexibility index (Phi) is 4.04. The van der Waals surface area contributed by atoms with Crippen molar-refractivity contribution in [1.82, 2.24) is 0 Å². The van der Waals surface area contributed by atoms with Gasteiger partial charge >= 0.3 is 0 Å². The van der Waals surface area contributed by atoms with Gasteiger partial charge in [0, 0.05) is 10.6 Å². The maximum Gasteiger partial charge on any atom is 0.123 e. The number of benzene rings is 2. The highest BCUT2D eigenvalue weighted by molar-refractivity contribution is 7.99. The first-order chi connectivity index (χ1) is 8.58. The first-order valence-electron chi connectivity index (χ1n) is 5.74. The van der Waals surface area contributed by atoms with Crippen molar-refractivity contribution in [3.8, 4) is 0 Å². The molecule has 0 aromatic heterocycles. The van der Waals surface area contributed by atoms with Gasteiger partial charge in [0.05, 0.1) is 5.60 Å². The molecule has 1 N–H and O–H groups in total. The van der Waals surface area contributed by atoms with Crippen LogP contribution >= 0.6 is 11.8 Å². The molecule has 0 bridgehead atoms. The van der Waals surface area contributed by atoms with Gasteiger partial charge in [-0.3, -0.25) is 0 Å². The summed E-state index contributed by atoms with van der Waals surface area (Å²) >= 11 is 1.51. The fraction of sp³-hybridized carbons (Fsp3) is 0.200. The summed E-state index contributed by atoms with van der Waals surface area (Å²) in [5, 5.41) is 10.4. The smallest absolute Gasteiger partial charge is 0.123 e. The highest BCUT2D eigenvalue weighted by atomic mass is 32.2. The van der Waals surface area contributed by atoms with E-state index in [9.17, 15) is 9.50 Å². The Morgan fingerprint density at radius 2 is 1.67 bits per heavy atom. The monoisotopic (exact) mass is 262 g/mol. The Bertz CT molecular complexity index is 494. The molecule has 0 fully saturated rings. The summed E-state index contributed by atoms with van der Waals surface area (Å²) in [4.78, 5) is 0.951. The Morgan fingerprint density at radius 3 is 2.28 bits per heavy atom. The maximum absolute atomic E-state index is 12.8. The van der Waals surface area contributed by atoms with E-state index < -0.39 is 5.60 Å². The molecule has 0 aliphatic heterocycles. The van der Waals surface area contributed by atoms with Crippen LogP contribution in [0.15, 0.2) is 59.5 Å². The number of hydrogen-bond acceptors (Lipinski definition) is 2. The van der Waals surface area contributed by atoms with E-state index >= 15 is 0 Å². The third-order valence-electron chi connectivity index (χ3n) is 2.73. The molecule has 18 heavy (non-hydrogen) atoms. The van der Waals surface area contributed by atoms with Gasteiger partial charge < -0.3 is 5.11 Å². The Labute approximate surface area is 111 Å². The van der Waals surface area contributed by atoms with Gasteiger partial charge in [0.15, 0.2) is 0 Å².